The molecule has 0 aliphatic carbocycles. The van der Waals surface area contributed by atoms with Crippen molar-refractivity contribution in [2.75, 3.05) is 16.8 Å². The number of rotatable bonds is 5. The molecule has 0 saturated carbocycles. The molecular weight excluding hydrogens is 560 g/mol. The van der Waals surface area contributed by atoms with E-state index in [0.29, 0.717) is 4.90 Å². The number of benzene rings is 1. The molecule has 0 atom stereocenters. The molecule has 0 saturated heterocycles. The first-order valence-corrected chi connectivity index (χ1v) is 13.5. The number of nitrogens with zero attached hydrogens (tertiary/aromatic N) is 5. The van der Waals surface area contributed by atoms with Gasteiger partial charge in [0.25, 0.3) is 0 Å². The molecule has 3 aromatic rings. The predicted octanol–water partition coefficient (Wildman–Crippen LogP) is 5.34. The van der Waals surface area contributed by atoms with E-state index in [9.17, 15) is 19.2 Å². The van der Waals surface area contributed by atoms with Crippen molar-refractivity contribution in [3.63, 3.8) is 0 Å². The summed E-state index contributed by atoms with van der Waals surface area (Å²) in [5.74, 6) is -0.884. The summed E-state index contributed by atoms with van der Waals surface area (Å²) in [4.78, 5) is 69.2. The van der Waals surface area contributed by atoms with E-state index in [0.717, 1.165) is 10.5 Å². The number of anilines is 2. The van der Waals surface area contributed by atoms with Gasteiger partial charge in [-0.3, -0.25) is 4.98 Å². The number of hydrogen-bond acceptors (Lipinski definition) is 11. The Balaban J connectivity index is 2.29. The van der Waals surface area contributed by atoms with Gasteiger partial charge >= 0.3 is 24.0 Å². The lowest BCUT2D eigenvalue weighted by Crippen LogP contribution is -2.45. The fourth-order valence-electron chi connectivity index (χ4n) is 3.42. The maximum atomic E-state index is 13.4. The van der Waals surface area contributed by atoms with Gasteiger partial charge in [0.15, 0.2) is 11.5 Å². The summed E-state index contributed by atoms with van der Waals surface area (Å²) >= 11 is 0. The number of imide groups is 1. The zero-order chi connectivity index (χ0) is 32.3. The summed E-state index contributed by atoms with van der Waals surface area (Å²) < 4.78 is 22.4. The van der Waals surface area contributed by atoms with E-state index in [-0.39, 0.29) is 29.5 Å². The number of fused-ring (bicyclic) bond motifs is 1. The summed E-state index contributed by atoms with van der Waals surface area (Å²) in [5, 5.41) is -0.117. The molecular formula is C29H38N6O8. The molecule has 14 nitrogen and oxygen atoms in total. The first kappa shape index (κ1) is 32.8. The van der Waals surface area contributed by atoms with Crippen molar-refractivity contribution >= 4 is 41.1 Å². The maximum absolute atomic E-state index is 13.4. The number of carbonyl (C=O) groups excluding carboxylic acids is 3. The normalized spacial score (nSPS) is 12.0. The van der Waals surface area contributed by atoms with Crippen molar-refractivity contribution in [3.8, 4) is 5.88 Å². The van der Waals surface area contributed by atoms with E-state index < -0.39 is 46.6 Å². The summed E-state index contributed by atoms with van der Waals surface area (Å²) in [5.41, 5.74) is -3.26. The highest BCUT2D eigenvalue weighted by Crippen LogP contribution is 2.33. The maximum Gasteiger partial charge on any atom is 0.425 e. The molecule has 0 spiro atoms. The van der Waals surface area contributed by atoms with Crippen LogP contribution < -0.4 is 20.2 Å². The van der Waals surface area contributed by atoms with Crippen LogP contribution in [0.5, 0.6) is 5.88 Å². The van der Waals surface area contributed by atoms with Gasteiger partial charge in [-0.15, -0.1) is 0 Å². The lowest BCUT2D eigenvalue weighted by Gasteiger charge is -2.28. The summed E-state index contributed by atoms with van der Waals surface area (Å²) in [6.07, 6.45) is -3.10. The third-order valence-corrected chi connectivity index (χ3v) is 5.07. The lowest BCUT2D eigenvalue weighted by molar-refractivity contribution is 0.0428. The second-order valence-corrected chi connectivity index (χ2v) is 12.5. The van der Waals surface area contributed by atoms with Gasteiger partial charge in [-0.2, -0.15) is 19.9 Å². The molecule has 3 amide bonds. The Hall–Kier alpha value is -4.75. The third-order valence-electron chi connectivity index (χ3n) is 5.07. The zero-order valence-corrected chi connectivity index (χ0v) is 26.1. The highest BCUT2D eigenvalue weighted by atomic mass is 16.6. The van der Waals surface area contributed by atoms with Gasteiger partial charge < -0.3 is 18.9 Å². The predicted molar refractivity (Wildman–Crippen MR) is 158 cm³/mol. The molecule has 0 unspecified atom stereocenters. The summed E-state index contributed by atoms with van der Waals surface area (Å²) in [7, 11) is 1.38. The Morgan fingerprint density at radius 3 is 1.79 bits per heavy atom. The average Bonchev–Trinajstić information content (AvgIpc) is 2.83. The summed E-state index contributed by atoms with van der Waals surface area (Å²) in [6.45, 7) is 14.7. The first-order chi connectivity index (χ1) is 19.7. The van der Waals surface area contributed by atoms with Gasteiger partial charge in [-0.1, -0.05) is 30.3 Å². The van der Waals surface area contributed by atoms with Crippen LogP contribution in [0.2, 0.25) is 0 Å². The van der Waals surface area contributed by atoms with Crippen molar-refractivity contribution in [1.29, 1.82) is 0 Å². The van der Waals surface area contributed by atoms with Gasteiger partial charge in [-0.25, -0.2) is 24.1 Å². The Labute approximate surface area is 249 Å². The third kappa shape index (κ3) is 9.12. The topological polar surface area (TPSA) is 166 Å². The van der Waals surface area contributed by atoms with Crippen molar-refractivity contribution < 1.29 is 33.3 Å². The summed E-state index contributed by atoms with van der Waals surface area (Å²) in [6, 6.07) is 9.09. The Bertz CT molecular complexity index is 1520. The van der Waals surface area contributed by atoms with E-state index >= 15 is 0 Å². The lowest BCUT2D eigenvalue weighted by atomic mass is 10.2. The van der Waals surface area contributed by atoms with Crippen LogP contribution in [0.25, 0.3) is 11.0 Å². The molecule has 3 rings (SSSR count). The molecule has 43 heavy (non-hydrogen) atoms. The second-order valence-electron chi connectivity index (χ2n) is 12.5. The minimum absolute atomic E-state index is 0.0139. The highest BCUT2D eigenvalue weighted by Gasteiger charge is 2.37. The molecule has 2 aromatic heterocycles. The van der Waals surface area contributed by atoms with Crippen molar-refractivity contribution in [2.24, 2.45) is 0 Å². The van der Waals surface area contributed by atoms with Crippen molar-refractivity contribution in [2.45, 2.75) is 85.7 Å². The van der Waals surface area contributed by atoms with Gasteiger partial charge in [0.2, 0.25) is 11.8 Å². The number of hydrogen-bond donors (Lipinski definition) is 1. The van der Waals surface area contributed by atoms with E-state index in [4.69, 9.17) is 18.9 Å². The second kappa shape index (κ2) is 12.2. The van der Waals surface area contributed by atoms with Crippen LogP contribution in [0.15, 0.2) is 35.1 Å². The monoisotopic (exact) mass is 598 g/mol. The van der Waals surface area contributed by atoms with E-state index in [1.54, 1.807) is 62.3 Å². The van der Waals surface area contributed by atoms with Crippen molar-refractivity contribution in [1.82, 2.24) is 19.9 Å². The number of H-pyrrole nitrogens is 1. The molecule has 0 aliphatic heterocycles. The van der Waals surface area contributed by atoms with Crippen molar-refractivity contribution in [3.05, 3.63) is 46.4 Å². The van der Waals surface area contributed by atoms with Crippen LogP contribution in [0.3, 0.4) is 0 Å². The molecule has 1 aromatic carbocycles. The molecule has 1 N–H and O–H groups in total. The molecule has 0 fully saturated rings. The fourth-order valence-corrected chi connectivity index (χ4v) is 3.42. The Kier molecular flexibility index (Phi) is 9.32. The largest absolute Gasteiger partial charge is 0.472 e. The quantitative estimate of drug-likeness (QED) is 0.377. The van der Waals surface area contributed by atoms with E-state index in [2.05, 4.69) is 19.9 Å². The van der Waals surface area contributed by atoms with Crippen LogP contribution in [0, 0.1) is 0 Å². The minimum Gasteiger partial charge on any atom is -0.472 e. The number of ether oxygens (including phenoxy) is 4. The standard InChI is InChI=1S/C29H38N6O8/c1-27(2,3)41-24(37)34(10)22-30-19-18(21(33-22)40-16-17-14-12-11-13-15-17)20(32-23(36)31-19)35(25(38)42-28(4,5)6)26(39)43-29(7,8)9/h11-15H,16H2,1-10H3,(H,30,31,32,33,36). The first-order valence-electron chi connectivity index (χ1n) is 13.5. The smallest absolute Gasteiger partial charge is 0.425 e. The fraction of sp³-hybridized carbons (Fsp3) is 0.483. The molecule has 0 radical (unpaired) electrons. The highest BCUT2D eigenvalue weighted by molar-refractivity contribution is 6.14. The average molecular weight is 599 g/mol. The molecule has 0 aliphatic rings. The SMILES string of the molecule is CN(C(=O)OC(C)(C)C)c1nc(OCc2ccccc2)c2c(N(C(=O)OC(C)(C)C)C(=O)OC(C)(C)C)nc(=O)[nH]c2n1. The van der Waals surface area contributed by atoms with Gasteiger partial charge in [-0.05, 0) is 67.9 Å². The van der Waals surface area contributed by atoms with Gasteiger partial charge in [0, 0.05) is 7.05 Å². The van der Waals surface area contributed by atoms with Crippen LogP contribution >= 0.6 is 0 Å². The molecule has 232 valence electrons. The number of carbonyl (C=O) groups is 3. The van der Waals surface area contributed by atoms with Crippen LogP contribution in [-0.2, 0) is 20.8 Å². The van der Waals surface area contributed by atoms with Gasteiger partial charge in [0.1, 0.15) is 28.8 Å². The number of aromatic nitrogens is 4. The zero-order valence-electron chi connectivity index (χ0n) is 26.1. The number of amides is 3. The van der Waals surface area contributed by atoms with Crippen LogP contribution in [0.4, 0.5) is 26.1 Å². The van der Waals surface area contributed by atoms with Gasteiger partial charge in [0.05, 0.1) is 0 Å². The molecule has 2 heterocycles. The molecule has 14 heteroatoms. The van der Waals surface area contributed by atoms with Crippen LogP contribution in [0.1, 0.15) is 67.9 Å². The number of aromatic amines is 1. The molecule has 0 bridgehead atoms. The van der Waals surface area contributed by atoms with Crippen LogP contribution in [-0.4, -0.2) is 62.1 Å². The number of nitrogens with one attached hydrogen (secondary N) is 1. The minimum atomic E-state index is -1.16. The Morgan fingerprint density at radius 1 is 0.767 bits per heavy atom. The van der Waals surface area contributed by atoms with E-state index in [1.165, 1.54) is 7.05 Å². The Morgan fingerprint density at radius 2 is 1.28 bits per heavy atom. The van der Waals surface area contributed by atoms with E-state index in [1.807, 2.05) is 30.3 Å².